The molecule has 0 aliphatic heterocycles. The van der Waals surface area contributed by atoms with Gasteiger partial charge in [-0.1, -0.05) is 54.1 Å². The summed E-state index contributed by atoms with van der Waals surface area (Å²) in [5.74, 6) is 1.11. The molecule has 0 saturated heterocycles. The number of para-hydroxylation sites is 1. The summed E-state index contributed by atoms with van der Waals surface area (Å²) in [6, 6.07) is 20.2. The number of hydrogen-bond acceptors (Lipinski definition) is 3. The third kappa shape index (κ3) is 4.43. The van der Waals surface area contributed by atoms with E-state index in [0.717, 1.165) is 5.56 Å². The molecule has 0 aliphatic rings. The fraction of sp³-hybridized carbons (Fsp3) is 0.150. The zero-order chi connectivity index (χ0) is 17.6. The van der Waals surface area contributed by atoms with Gasteiger partial charge < -0.3 is 14.5 Å². The molecule has 1 amide bonds. The van der Waals surface area contributed by atoms with Crippen molar-refractivity contribution in [3.05, 3.63) is 88.8 Å². The lowest BCUT2D eigenvalue weighted by molar-refractivity contribution is 0.0907. The van der Waals surface area contributed by atoms with Crippen LogP contribution in [0.15, 0.2) is 71.1 Å². The average molecular weight is 356 g/mol. The lowest BCUT2D eigenvalue weighted by Gasteiger charge is -2.13. The molecule has 0 spiro atoms. The van der Waals surface area contributed by atoms with Crippen LogP contribution in [0.1, 0.15) is 34.8 Å². The molecule has 0 radical (unpaired) electrons. The van der Waals surface area contributed by atoms with Crippen molar-refractivity contribution in [1.82, 2.24) is 5.32 Å². The van der Waals surface area contributed by atoms with Crippen LogP contribution in [0.2, 0.25) is 5.02 Å². The number of carbonyl (C=O) groups excluding carboxylic acids is 1. The van der Waals surface area contributed by atoms with Gasteiger partial charge in [-0.2, -0.15) is 0 Å². The minimum absolute atomic E-state index is 0.110. The van der Waals surface area contributed by atoms with Crippen molar-refractivity contribution >= 4 is 17.5 Å². The van der Waals surface area contributed by atoms with Crippen LogP contribution < -0.4 is 10.1 Å². The van der Waals surface area contributed by atoms with E-state index >= 15 is 0 Å². The lowest BCUT2D eigenvalue weighted by atomic mass is 10.1. The summed E-state index contributed by atoms with van der Waals surface area (Å²) in [5, 5.41) is 3.45. The van der Waals surface area contributed by atoms with Crippen molar-refractivity contribution in [3.8, 4) is 5.75 Å². The topological polar surface area (TPSA) is 51.5 Å². The van der Waals surface area contributed by atoms with E-state index in [-0.39, 0.29) is 24.3 Å². The first kappa shape index (κ1) is 17.1. The van der Waals surface area contributed by atoms with Gasteiger partial charge in [-0.05, 0) is 36.8 Å². The summed E-state index contributed by atoms with van der Waals surface area (Å²) in [5.41, 5.74) is 1.03. The van der Waals surface area contributed by atoms with Gasteiger partial charge in [0.2, 0.25) is 0 Å². The number of benzene rings is 2. The van der Waals surface area contributed by atoms with Crippen LogP contribution >= 0.6 is 11.6 Å². The summed E-state index contributed by atoms with van der Waals surface area (Å²) in [6.07, 6.45) is 0. The highest BCUT2D eigenvalue weighted by Crippen LogP contribution is 2.24. The molecule has 25 heavy (non-hydrogen) atoms. The Balaban J connectivity index is 1.59. The van der Waals surface area contributed by atoms with Crippen molar-refractivity contribution in [3.63, 3.8) is 0 Å². The van der Waals surface area contributed by atoms with Gasteiger partial charge in [-0.15, -0.1) is 0 Å². The molecule has 3 aromatic rings. The van der Waals surface area contributed by atoms with Crippen LogP contribution in [0.3, 0.4) is 0 Å². The predicted octanol–water partition coefficient (Wildman–Crippen LogP) is 5.00. The number of halogens is 1. The Hall–Kier alpha value is -2.72. The number of carbonyl (C=O) groups is 1. The van der Waals surface area contributed by atoms with E-state index in [9.17, 15) is 4.79 Å². The molecule has 1 heterocycles. The number of rotatable bonds is 6. The first-order valence-corrected chi connectivity index (χ1v) is 8.33. The number of furan rings is 1. The predicted molar refractivity (Wildman–Crippen MR) is 96.8 cm³/mol. The second-order valence-corrected chi connectivity index (χ2v) is 6.00. The Morgan fingerprint density at radius 2 is 1.80 bits per heavy atom. The highest BCUT2D eigenvalue weighted by atomic mass is 35.5. The zero-order valence-electron chi connectivity index (χ0n) is 13.7. The average Bonchev–Trinajstić information content (AvgIpc) is 3.11. The van der Waals surface area contributed by atoms with Gasteiger partial charge >= 0.3 is 0 Å². The Morgan fingerprint density at radius 1 is 1.08 bits per heavy atom. The van der Waals surface area contributed by atoms with Crippen LogP contribution in [0.5, 0.6) is 5.75 Å². The van der Waals surface area contributed by atoms with Gasteiger partial charge in [0.1, 0.15) is 18.1 Å². The van der Waals surface area contributed by atoms with Crippen molar-refractivity contribution in [1.29, 1.82) is 0 Å². The number of ether oxygens (including phenoxy) is 1. The summed E-state index contributed by atoms with van der Waals surface area (Å²) < 4.78 is 11.2. The Kier molecular flexibility index (Phi) is 5.41. The maximum Gasteiger partial charge on any atom is 0.287 e. The first-order valence-electron chi connectivity index (χ1n) is 7.95. The zero-order valence-corrected chi connectivity index (χ0v) is 14.5. The normalized spacial score (nSPS) is 11.8. The molecule has 3 rings (SSSR count). The molecule has 5 heteroatoms. The van der Waals surface area contributed by atoms with Crippen molar-refractivity contribution < 1.29 is 13.9 Å². The minimum atomic E-state index is -0.264. The van der Waals surface area contributed by atoms with E-state index in [1.54, 1.807) is 24.3 Å². The number of amides is 1. The lowest BCUT2D eigenvalue weighted by Crippen LogP contribution is -2.26. The van der Waals surface area contributed by atoms with E-state index in [2.05, 4.69) is 5.32 Å². The van der Waals surface area contributed by atoms with Gasteiger partial charge in [0, 0.05) is 0 Å². The van der Waals surface area contributed by atoms with E-state index in [1.807, 2.05) is 49.4 Å². The summed E-state index contributed by atoms with van der Waals surface area (Å²) >= 11 is 6.04. The molecule has 128 valence electrons. The van der Waals surface area contributed by atoms with E-state index in [4.69, 9.17) is 20.8 Å². The third-order valence-electron chi connectivity index (χ3n) is 3.74. The van der Waals surface area contributed by atoms with E-state index in [1.165, 1.54) is 0 Å². The molecular formula is C20H18ClNO3. The largest absolute Gasteiger partial charge is 0.484 e. The molecule has 0 saturated carbocycles. The highest BCUT2D eigenvalue weighted by Gasteiger charge is 2.15. The van der Waals surface area contributed by atoms with Crippen molar-refractivity contribution in [2.75, 3.05) is 0 Å². The maximum absolute atomic E-state index is 12.3. The van der Waals surface area contributed by atoms with Crippen LogP contribution in [0, 0.1) is 0 Å². The minimum Gasteiger partial charge on any atom is -0.484 e. The smallest absolute Gasteiger partial charge is 0.287 e. The SMILES string of the molecule is C[C@@H](NC(=O)c1ccc(COc2ccccc2Cl)o1)c1ccccc1. The monoisotopic (exact) mass is 355 g/mol. The Morgan fingerprint density at radius 3 is 2.56 bits per heavy atom. The Labute approximate surface area is 151 Å². The fourth-order valence-corrected chi connectivity index (χ4v) is 2.57. The molecule has 2 aromatic carbocycles. The number of nitrogens with one attached hydrogen (secondary N) is 1. The fourth-order valence-electron chi connectivity index (χ4n) is 2.38. The van der Waals surface area contributed by atoms with Gasteiger partial charge in [0.15, 0.2) is 5.76 Å². The van der Waals surface area contributed by atoms with Crippen LogP contribution in [-0.4, -0.2) is 5.91 Å². The second-order valence-electron chi connectivity index (χ2n) is 5.59. The van der Waals surface area contributed by atoms with Gasteiger partial charge in [0.05, 0.1) is 11.1 Å². The summed E-state index contributed by atoms with van der Waals surface area (Å²) in [6.45, 7) is 2.13. The molecule has 1 N–H and O–H groups in total. The molecule has 1 atom stereocenters. The Bertz CT molecular complexity index is 845. The summed E-state index contributed by atoms with van der Waals surface area (Å²) in [7, 11) is 0. The second kappa shape index (κ2) is 7.90. The molecule has 0 aliphatic carbocycles. The molecular weight excluding hydrogens is 338 g/mol. The quantitative estimate of drug-likeness (QED) is 0.676. The van der Waals surface area contributed by atoms with Crippen LogP contribution in [0.4, 0.5) is 0 Å². The maximum atomic E-state index is 12.3. The van der Waals surface area contributed by atoms with Crippen LogP contribution in [-0.2, 0) is 6.61 Å². The molecule has 0 bridgehead atoms. The first-order chi connectivity index (χ1) is 12.1. The molecule has 4 nitrogen and oxygen atoms in total. The molecule has 0 unspecified atom stereocenters. The molecule has 1 aromatic heterocycles. The van der Waals surface area contributed by atoms with Gasteiger partial charge in [-0.3, -0.25) is 4.79 Å². The number of hydrogen-bond donors (Lipinski definition) is 1. The van der Waals surface area contributed by atoms with Crippen molar-refractivity contribution in [2.45, 2.75) is 19.6 Å². The molecule has 0 fully saturated rings. The highest BCUT2D eigenvalue weighted by molar-refractivity contribution is 6.32. The van der Waals surface area contributed by atoms with E-state index in [0.29, 0.717) is 16.5 Å². The van der Waals surface area contributed by atoms with E-state index < -0.39 is 0 Å². The van der Waals surface area contributed by atoms with Crippen LogP contribution in [0.25, 0.3) is 0 Å². The summed E-state index contributed by atoms with van der Waals surface area (Å²) in [4.78, 5) is 12.3. The van der Waals surface area contributed by atoms with Gasteiger partial charge in [-0.25, -0.2) is 0 Å². The van der Waals surface area contributed by atoms with Crippen molar-refractivity contribution in [2.24, 2.45) is 0 Å². The standard InChI is InChI=1S/C20H18ClNO3/c1-14(15-7-3-2-4-8-15)22-20(23)19-12-11-16(25-19)13-24-18-10-6-5-9-17(18)21/h2-12,14H,13H2,1H3,(H,22,23)/t14-/m1/s1. The third-order valence-corrected chi connectivity index (χ3v) is 4.05. The van der Waals surface area contributed by atoms with Gasteiger partial charge in [0.25, 0.3) is 5.91 Å².